The third kappa shape index (κ3) is 4.20. The molecule has 0 bridgehead atoms. The molecule has 1 N–H and O–H groups in total. The molecule has 3 nitrogen and oxygen atoms in total. The van der Waals surface area contributed by atoms with Crippen LogP contribution in [0.5, 0.6) is 0 Å². The van der Waals surface area contributed by atoms with E-state index in [1.54, 1.807) is 25.1 Å². The van der Waals surface area contributed by atoms with Gasteiger partial charge in [-0.2, -0.15) is 13.5 Å². The Morgan fingerprint density at radius 1 is 0.957 bits per heavy atom. The number of halogens is 3. The predicted octanol–water partition coefficient (Wildman–Crippen LogP) is 4.09. The molecule has 1 atom stereocenters. The molecule has 2 aromatic carbocycles. The smallest absolute Gasteiger partial charge is 0.207 e. The van der Waals surface area contributed by atoms with Crippen molar-refractivity contribution in [3.63, 3.8) is 0 Å². The fourth-order valence-corrected chi connectivity index (χ4v) is 3.14. The van der Waals surface area contributed by atoms with Crippen LogP contribution in [0.2, 0.25) is 0 Å². The summed E-state index contributed by atoms with van der Waals surface area (Å²) in [5.74, 6) is -1.83. The largest absolute Gasteiger partial charge is 0.303 e. The van der Waals surface area contributed by atoms with Crippen molar-refractivity contribution >= 4 is 10.0 Å². The van der Waals surface area contributed by atoms with E-state index in [0.29, 0.717) is 0 Å². The normalized spacial score (nSPS) is 12.7. The van der Waals surface area contributed by atoms with E-state index >= 15 is 0 Å². The Balaban J connectivity index is 2.42. The lowest BCUT2D eigenvalue weighted by molar-refractivity contribution is 0.357. The van der Waals surface area contributed by atoms with Gasteiger partial charge in [0.15, 0.2) is 5.83 Å². The third-order valence-corrected chi connectivity index (χ3v) is 4.61. The monoisotopic (exact) mass is 341 g/mol. The van der Waals surface area contributed by atoms with Crippen molar-refractivity contribution in [1.82, 2.24) is 4.72 Å². The summed E-state index contributed by atoms with van der Waals surface area (Å²) in [5.41, 5.74) is 0.915. The van der Waals surface area contributed by atoms with Crippen LogP contribution < -0.4 is 4.72 Å². The van der Waals surface area contributed by atoms with Crippen LogP contribution >= 0.6 is 0 Å². The maximum absolute atomic E-state index is 13.8. The molecule has 0 aliphatic rings. The molecule has 23 heavy (non-hydrogen) atoms. The molecule has 0 aliphatic carbocycles. The zero-order valence-corrected chi connectivity index (χ0v) is 12.9. The lowest BCUT2D eigenvalue weighted by atomic mass is 10.1. The van der Waals surface area contributed by atoms with Gasteiger partial charge in [0.2, 0.25) is 10.0 Å². The van der Waals surface area contributed by atoms with Gasteiger partial charge in [-0.3, -0.25) is 0 Å². The van der Waals surface area contributed by atoms with Gasteiger partial charge in [0.1, 0.15) is 6.04 Å². The summed E-state index contributed by atoms with van der Waals surface area (Å²) in [4.78, 5) is -0.129. The quantitative estimate of drug-likeness (QED) is 0.890. The van der Waals surface area contributed by atoms with E-state index in [4.69, 9.17) is 0 Å². The first-order valence-corrected chi connectivity index (χ1v) is 8.14. The maximum atomic E-state index is 13.8. The third-order valence-electron chi connectivity index (χ3n) is 3.17. The van der Waals surface area contributed by atoms with Gasteiger partial charge in [0, 0.05) is 0 Å². The minimum Gasteiger partial charge on any atom is -0.207 e. The molecule has 0 spiro atoms. The Bertz CT molecular complexity index is 799. The maximum Gasteiger partial charge on any atom is 0.303 e. The van der Waals surface area contributed by atoms with E-state index in [9.17, 15) is 21.6 Å². The van der Waals surface area contributed by atoms with Gasteiger partial charge in [-0.25, -0.2) is 12.8 Å². The molecule has 0 amide bonds. The summed E-state index contributed by atoms with van der Waals surface area (Å²) in [6.45, 7) is 1.78. The van der Waals surface area contributed by atoms with Gasteiger partial charge in [0.25, 0.3) is 0 Å². The first-order valence-electron chi connectivity index (χ1n) is 6.66. The first kappa shape index (κ1) is 17.2. The lowest BCUT2D eigenvalue weighted by Gasteiger charge is -2.17. The van der Waals surface area contributed by atoms with Crippen LogP contribution in [0.15, 0.2) is 71.4 Å². The Morgan fingerprint density at radius 2 is 1.52 bits per heavy atom. The van der Waals surface area contributed by atoms with Crippen molar-refractivity contribution in [2.45, 2.75) is 17.9 Å². The molecule has 2 aromatic rings. The molecule has 0 heterocycles. The van der Waals surface area contributed by atoms with E-state index in [-0.39, 0.29) is 10.5 Å². The van der Waals surface area contributed by atoms with Gasteiger partial charge in [-0.15, -0.1) is 0 Å². The van der Waals surface area contributed by atoms with Crippen LogP contribution in [0.4, 0.5) is 13.2 Å². The number of aryl methyl sites for hydroxylation is 1. The van der Waals surface area contributed by atoms with Gasteiger partial charge < -0.3 is 0 Å². The first-order chi connectivity index (χ1) is 10.8. The van der Waals surface area contributed by atoms with Gasteiger partial charge >= 0.3 is 6.08 Å². The van der Waals surface area contributed by atoms with Gasteiger partial charge in [-0.1, -0.05) is 48.0 Å². The van der Waals surface area contributed by atoms with Crippen molar-refractivity contribution in [2.75, 3.05) is 0 Å². The van der Waals surface area contributed by atoms with E-state index in [2.05, 4.69) is 0 Å². The second-order valence-corrected chi connectivity index (χ2v) is 6.60. The Labute approximate surface area is 132 Å². The number of sulfonamides is 1. The van der Waals surface area contributed by atoms with E-state index in [1.807, 2.05) is 4.72 Å². The second kappa shape index (κ2) is 6.97. The van der Waals surface area contributed by atoms with Crippen molar-refractivity contribution in [1.29, 1.82) is 0 Å². The molecule has 2 rings (SSSR count). The van der Waals surface area contributed by atoms with Crippen molar-refractivity contribution in [2.24, 2.45) is 0 Å². The average Bonchev–Trinajstić information content (AvgIpc) is 2.53. The predicted molar refractivity (Wildman–Crippen MR) is 81.0 cm³/mol. The molecule has 0 saturated carbocycles. The zero-order chi connectivity index (χ0) is 17.0. The highest BCUT2D eigenvalue weighted by molar-refractivity contribution is 7.89. The molecular formula is C16H14F3NO2S. The minimum absolute atomic E-state index is 0.0773. The molecule has 7 heteroatoms. The highest BCUT2D eigenvalue weighted by Gasteiger charge is 2.27. The molecule has 0 saturated heterocycles. The van der Waals surface area contributed by atoms with Crippen LogP contribution in [0.3, 0.4) is 0 Å². The SMILES string of the molecule is Cc1ccc(S(=O)(=O)NC(C(F)=C(F)F)c2ccccc2)cc1. The molecule has 0 aliphatic heterocycles. The molecule has 0 aromatic heterocycles. The second-order valence-electron chi connectivity index (χ2n) is 4.89. The highest BCUT2D eigenvalue weighted by Crippen LogP contribution is 2.28. The van der Waals surface area contributed by atoms with Crippen LogP contribution in [-0.4, -0.2) is 8.42 Å². The van der Waals surface area contributed by atoms with Gasteiger partial charge in [-0.05, 0) is 24.6 Å². The van der Waals surface area contributed by atoms with E-state index in [0.717, 1.165) is 5.56 Å². The Morgan fingerprint density at radius 3 is 2.04 bits per heavy atom. The summed E-state index contributed by atoms with van der Waals surface area (Å²) in [5, 5.41) is 0. The highest BCUT2D eigenvalue weighted by atomic mass is 32.2. The molecule has 0 fully saturated rings. The van der Waals surface area contributed by atoms with Crippen LogP contribution in [0.25, 0.3) is 0 Å². The summed E-state index contributed by atoms with van der Waals surface area (Å²) in [6.07, 6.45) is -2.56. The summed E-state index contributed by atoms with van der Waals surface area (Å²) in [6, 6.07) is 11.4. The van der Waals surface area contributed by atoms with Crippen molar-refractivity contribution in [3.05, 3.63) is 77.6 Å². The van der Waals surface area contributed by atoms with Crippen molar-refractivity contribution in [3.8, 4) is 0 Å². The van der Waals surface area contributed by atoms with Crippen molar-refractivity contribution < 1.29 is 21.6 Å². The number of hydrogen-bond donors (Lipinski definition) is 1. The Hall–Kier alpha value is -2.12. The fourth-order valence-electron chi connectivity index (χ4n) is 1.96. The summed E-state index contributed by atoms with van der Waals surface area (Å²) in [7, 11) is -4.16. The van der Waals surface area contributed by atoms with Crippen LogP contribution in [-0.2, 0) is 10.0 Å². The summed E-state index contributed by atoms with van der Waals surface area (Å²) >= 11 is 0. The molecule has 122 valence electrons. The number of rotatable bonds is 5. The number of hydrogen-bond acceptors (Lipinski definition) is 2. The van der Waals surface area contributed by atoms with E-state index in [1.165, 1.54) is 36.4 Å². The molecular weight excluding hydrogens is 327 g/mol. The number of benzene rings is 2. The number of nitrogens with one attached hydrogen (secondary N) is 1. The molecule has 0 radical (unpaired) electrons. The van der Waals surface area contributed by atoms with Crippen LogP contribution in [0.1, 0.15) is 17.2 Å². The summed E-state index contributed by atoms with van der Waals surface area (Å²) < 4.78 is 65.7. The van der Waals surface area contributed by atoms with Crippen LogP contribution in [0, 0.1) is 6.92 Å². The average molecular weight is 341 g/mol. The fraction of sp³-hybridized carbons (Fsp3) is 0.125. The minimum atomic E-state index is -4.16. The van der Waals surface area contributed by atoms with E-state index < -0.39 is 28.0 Å². The molecule has 1 unspecified atom stereocenters. The lowest BCUT2D eigenvalue weighted by Crippen LogP contribution is -2.29. The van der Waals surface area contributed by atoms with Gasteiger partial charge in [0.05, 0.1) is 4.90 Å². The topological polar surface area (TPSA) is 46.2 Å². The standard InChI is InChI=1S/C16H14F3NO2S/c1-11-7-9-13(10-8-11)23(21,22)20-15(14(17)16(18)19)12-5-3-2-4-6-12/h2-10,15,20H,1H3. The Kier molecular flexibility index (Phi) is 5.23. The zero-order valence-electron chi connectivity index (χ0n) is 12.1.